The Morgan fingerprint density at radius 1 is 1.32 bits per heavy atom. The fourth-order valence-electron chi connectivity index (χ4n) is 2.26. The Labute approximate surface area is 153 Å². The van der Waals surface area contributed by atoms with Gasteiger partial charge in [0.2, 0.25) is 5.91 Å². The number of thiophene rings is 1. The first-order valence-electron chi connectivity index (χ1n) is 7.94. The number of carbonyl (C=O) groups excluding carboxylic acids is 2. The van der Waals surface area contributed by atoms with Crippen LogP contribution in [-0.4, -0.2) is 40.3 Å². The summed E-state index contributed by atoms with van der Waals surface area (Å²) in [6.45, 7) is 8.05. The molecular weight excluding hydrogens is 362 g/mol. The van der Waals surface area contributed by atoms with Crippen LogP contribution >= 0.6 is 23.1 Å². The molecule has 0 fully saturated rings. The van der Waals surface area contributed by atoms with Gasteiger partial charge < -0.3 is 10.1 Å². The van der Waals surface area contributed by atoms with Crippen molar-refractivity contribution in [3.63, 3.8) is 0 Å². The molecule has 1 N–H and O–H groups in total. The van der Waals surface area contributed by atoms with Crippen molar-refractivity contribution >= 4 is 45.2 Å². The number of aromatic nitrogens is 2. The summed E-state index contributed by atoms with van der Waals surface area (Å²) in [6, 6.07) is 0. The standard InChI is InChI=1S/C16H21N3O4S2/c1-5-19-15(22)13-9(3)10(4)25-14(13)18-16(19)24-8-11(20)17-7-12(21)23-6-2/h5-8H2,1-4H3,(H,17,20). The smallest absolute Gasteiger partial charge is 0.325 e. The van der Waals surface area contributed by atoms with Gasteiger partial charge in [-0.1, -0.05) is 11.8 Å². The monoisotopic (exact) mass is 383 g/mol. The maximum atomic E-state index is 12.7. The lowest BCUT2D eigenvalue weighted by Gasteiger charge is -2.10. The Morgan fingerprint density at radius 3 is 2.68 bits per heavy atom. The van der Waals surface area contributed by atoms with E-state index in [1.54, 1.807) is 11.5 Å². The van der Waals surface area contributed by atoms with Crippen molar-refractivity contribution in [1.82, 2.24) is 14.9 Å². The molecule has 0 aliphatic heterocycles. The van der Waals surface area contributed by atoms with E-state index in [0.717, 1.165) is 10.4 Å². The van der Waals surface area contributed by atoms with E-state index in [1.807, 2.05) is 20.8 Å². The molecule has 2 aromatic heterocycles. The summed E-state index contributed by atoms with van der Waals surface area (Å²) in [6.07, 6.45) is 0. The van der Waals surface area contributed by atoms with Crippen molar-refractivity contribution in [3.8, 4) is 0 Å². The molecule has 0 bridgehead atoms. The van der Waals surface area contributed by atoms with E-state index in [0.29, 0.717) is 21.9 Å². The Bertz CT molecular complexity index is 857. The van der Waals surface area contributed by atoms with Crippen LogP contribution in [0.4, 0.5) is 0 Å². The predicted molar refractivity (Wildman–Crippen MR) is 99.4 cm³/mol. The molecule has 0 aromatic carbocycles. The van der Waals surface area contributed by atoms with Crippen molar-refractivity contribution in [3.05, 3.63) is 20.8 Å². The zero-order valence-corrected chi connectivity index (χ0v) is 16.3. The fourth-order valence-corrected chi connectivity index (χ4v) is 4.23. The highest BCUT2D eigenvalue weighted by Gasteiger charge is 2.17. The van der Waals surface area contributed by atoms with Gasteiger partial charge in [0, 0.05) is 11.4 Å². The Morgan fingerprint density at radius 2 is 2.04 bits per heavy atom. The summed E-state index contributed by atoms with van der Waals surface area (Å²) in [4.78, 5) is 42.1. The molecule has 0 aliphatic carbocycles. The number of carbonyl (C=O) groups is 2. The zero-order chi connectivity index (χ0) is 18.6. The van der Waals surface area contributed by atoms with Gasteiger partial charge >= 0.3 is 5.97 Å². The minimum atomic E-state index is -0.476. The van der Waals surface area contributed by atoms with Crippen LogP contribution in [0.5, 0.6) is 0 Å². The van der Waals surface area contributed by atoms with Gasteiger partial charge in [-0.15, -0.1) is 11.3 Å². The van der Waals surface area contributed by atoms with Crippen LogP contribution in [0.3, 0.4) is 0 Å². The number of aryl methyl sites for hydroxylation is 2. The Balaban J connectivity index is 2.14. The zero-order valence-electron chi connectivity index (χ0n) is 14.7. The lowest BCUT2D eigenvalue weighted by molar-refractivity contribution is -0.143. The third-order valence-electron chi connectivity index (χ3n) is 3.64. The Hall–Kier alpha value is -1.87. The van der Waals surface area contributed by atoms with Crippen molar-refractivity contribution in [2.75, 3.05) is 18.9 Å². The summed E-state index contributed by atoms with van der Waals surface area (Å²) in [7, 11) is 0. The highest BCUT2D eigenvalue weighted by Crippen LogP contribution is 2.28. The number of fused-ring (bicyclic) bond motifs is 1. The molecule has 25 heavy (non-hydrogen) atoms. The van der Waals surface area contributed by atoms with Crippen molar-refractivity contribution in [2.45, 2.75) is 39.4 Å². The van der Waals surface area contributed by atoms with Gasteiger partial charge in [0.15, 0.2) is 5.16 Å². The molecule has 0 saturated carbocycles. The first kappa shape index (κ1) is 19.5. The number of hydrogen-bond donors (Lipinski definition) is 1. The molecule has 2 aromatic rings. The van der Waals surface area contributed by atoms with Crippen molar-refractivity contribution in [1.29, 1.82) is 0 Å². The average molecular weight is 383 g/mol. The third-order valence-corrected chi connectivity index (χ3v) is 5.72. The molecule has 0 radical (unpaired) electrons. The van der Waals surface area contributed by atoms with Crippen molar-refractivity contribution in [2.24, 2.45) is 0 Å². The van der Waals surface area contributed by atoms with Crippen LogP contribution in [0, 0.1) is 13.8 Å². The van der Waals surface area contributed by atoms with Gasteiger partial charge in [0.1, 0.15) is 11.4 Å². The minimum Gasteiger partial charge on any atom is -0.465 e. The van der Waals surface area contributed by atoms with Gasteiger partial charge in [0.25, 0.3) is 5.56 Å². The number of amides is 1. The molecule has 0 aliphatic rings. The lowest BCUT2D eigenvalue weighted by atomic mass is 10.2. The van der Waals surface area contributed by atoms with E-state index >= 15 is 0 Å². The third kappa shape index (κ3) is 4.40. The van der Waals surface area contributed by atoms with E-state index in [-0.39, 0.29) is 30.4 Å². The van der Waals surface area contributed by atoms with Gasteiger partial charge in [-0.25, -0.2) is 4.98 Å². The molecule has 2 rings (SSSR count). The van der Waals surface area contributed by atoms with Gasteiger partial charge in [-0.2, -0.15) is 0 Å². The predicted octanol–water partition coefficient (Wildman–Crippen LogP) is 1.87. The summed E-state index contributed by atoms with van der Waals surface area (Å²) in [5.41, 5.74) is 0.882. The Kier molecular flexibility index (Phi) is 6.60. The van der Waals surface area contributed by atoms with Crippen LogP contribution in [0.2, 0.25) is 0 Å². The number of esters is 1. The van der Waals surface area contributed by atoms with Gasteiger partial charge in [0.05, 0.1) is 17.7 Å². The second-order valence-corrected chi connectivity index (χ2v) is 7.42. The van der Waals surface area contributed by atoms with Crippen LogP contribution in [0.15, 0.2) is 9.95 Å². The number of ether oxygens (including phenoxy) is 1. The molecule has 0 atom stereocenters. The summed E-state index contributed by atoms with van der Waals surface area (Å²) in [5.74, 6) is -0.718. The van der Waals surface area contributed by atoms with E-state index in [2.05, 4.69) is 10.3 Å². The molecular formula is C16H21N3O4S2. The SMILES string of the molecule is CCOC(=O)CNC(=O)CSc1nc2sc(C)c(C)c2c(=O)n1CC. The molecule has 9 heteroatoms. The van der Waals surface area contributed by atoms with Gasteiger partial charge in [-0.05, 0) is 33.3 Å². The molecule has 136 valence electrons. The largest absolute Gasteiger partial charge is 0.465 e. The maximum absolute atomic E-state index is 12.7. The van der Waals surface area contributed by atoms with E-state index < -0.39 is 5.97 Å². The molecule has 7 nitrogen and oxygen atoms in total. The summed E-state index contributed by atoms with van der Waals surface area (Å²) >= 11 is 2.66. The van der Waals surface area contributed by atoms with Crippen LogP contribution in [0.25, 0.3) is 10.2 Å². The first-order chi connectivity index (χ1) is 11.9. The molecule has 0 unspecified atom stereocenters. The number of nitrogens with zero attached hydrogens (tertiary/aromatic N) is 2. The topological polar surface area (TPSA) is 90.3 Å². The minimum absolute atomic E-state index is 0.0701. The molecule has 0 saturated heterocycles. The molecule has 2 heterocycles. The normalized spacial score (nSPS) is 10.9. The van der Waals surface area contributed by atoms with Gasteiger partial charge in [-0.3, -0.25) is 19.0 Å². The average Bonchev–Trinajstić information content (AvgIpc) is 2.86. The van der Waals surface area contributed by atoms with E-state index in [4.69, 9.17) is 4.74 Å². The fraction of sp³-hybridized carbons (Fsp3) is 0.500. The summed E-state index contributed by atoms with van der Waals surface area (Å²) < 4.78 is 6.33. The number of nitrogens with one attached hydrogen (secondary N) is 1. The van der Waals surface area contributed by atoms with Crippen molar-refractivity contribution < 1.29 is 14.3 Å². The summed E-state index contributed by atoms with van der Waals surface area (Å²) in [5, 5.41) is 3.65. The second-order valence-electron chi connectivity index (χ2n) is 5.28. The highest BCUT2D eigenvalue weighted by molar-refractivity contribution is 7.99. The molecule has 1 amide bonds. The number of rotatable bonds is 7. The van der Waals surface area contributed by atoms with E-state index in [1.165, 1.54) is 23.1 Å². The first-order valence-corrected chi connectivity index (χ1v) is 9.74. The quantitative estimate of drug-likeness (QED) is 0.446. The highest BCUT2D eigenvalue weighted by atomic mass is 32.2. The lowest BCUT2D eigenvalue weighted by Crippen LogP contribution is -2.32. The number of thioether (sulfide) groups is 1. The molecule has 0 spiro atoms. The maximum Gasteiger partial charge on any atom is 0.325 e. The van der Waals surface area contributed by atoms with Crippen LogP contribution < -0.4 is 10.9 Å². The second kappa shape index (κ2) is 8.48. The van der Waals surface area contributed by atoms with Crippen LogP contribution in [0.1, 0.15) is 24.3 Å². The number of hydrogen-bond acceptors (Lipinski definition) is 7. The van der Waals surface area contributed by atoms with E-state index in [9.17, 15) is 14.4 Å². The van der Waals surface area contributed by atoms with Crippen LogP contribution in [-0.2, 0) is 20.9 Å².